The number of hydrogen-bond acceptors (Lipinski definition) is 6. The molecule has 8 heteroatoms. The van der Waals surface area contributed by atoms with E-state index in [9.17, 15) is 19.5 Å². The van der Waals surface area contributed by atoms with Gasteiger partial charge in [-0.1, -0.05) is 159 Å². The highest BCUT2D eigenvalue weighted by Crippen LogP contribution is 2.14. The molecule has 0 fully saturated rings. The molecule has 0 aromatic carbocycles. The van der Waals surface area contributed by atoms with Gasteiger partial charge in [0.25, 0.3) is 0 Å². The first-order valence-corrected chi connectivity index (χ1v) is 24.2. The van der Waals surface area contributed by atoms with E-state index in [0.29, 0.717) is 19.3 Å². The van der Waals surface area contributed by atoms with E-state index in [1.807, 2.05) is 21.1 Å². The van der Waals surface area contributed by atoms with Crippen molar-refractivity contribution in [2.75, 3.05) is 41.0 Å². The first-order valence-electron chi connectivity index (χ1n) is 24.2. The van der Waals surface area contributed by atoms with Gasteiger partial charge >= 0.3 is 17.9 Å². The Morgan fingerprint density at radius 2 is 0.898 bits per heavy atom. The molecular formula is C51H92NO7+. The van der Waals surface area contributed by atoms with Gasteiger partial charge in [-0.05, 0) is 77.0 Å². The first-order chi connectivity index (χ1) is 28.6. The van der Waals surface area contributed by atoms with Gasteiger partial charge in [-0.3, -0.25) is 9.59 Å². The van der Waals surface area contributed by atoms with Crippen molar-refractivity contribution in [1.29, 1.82) is 0 Å². The fraction of sp³-hybridized carbons (Fsp3) is 0.784. The van der Waals surface area contributed by atoms with Crippen LogP contribution in [0, 0.1) is 0 Å². The summed E-state index contributed by atoms with van der Waals surface area (Å²) in [6.07, 6.45) is 50.1. The normalized spacial score (nSPS) is 13.3. The number of rotatable bonds is 43. The predicted molar refractivity (Wildman–Crippen MR) is 248 cm³/mol. The molecule has 2 unspecified atom stereocenters. The quantitative estimate of drug-likeness (QED) is 0.0283. The lowest BCUT2D eigenvalue weighted by molar-refractivity contribution is -0.887. The maximum atomic E-state index is 12.7. The van der Waals surface area contributed by atoms with Gasteiger partial charge in [0.15, 0.2) is 12.1 Å². The number of nitrogens with zero attached hydrogens (tertiary/aromatic N) is 1. The van der Waals surface area contributed by atoms with Crippen LogP contribution in [0.15, 0.2) is 48.6 Å². The number of likely N-dealkylation sites (N-methyl/N-ethyl adjacent to an activating group) is 1. The van der Waals surface area contributed by atoms with E-state index in [4.69, 9.17) is 14.2 Å². The average Bonchev–Trinajstić information content (AvgIpc) is 3.19. The standard InChI is InChI=1S/C51H91NO7/c1-6-8-10-12-14-16-18-20-21-22-23-24-25-26-27-28-30-31-33-35-37-39-41-49(53)58-46-47(45-57-44-43-48(51(55)56)52(3,4)5)59-50(54)42-40-38-36-34-32-29-19-17-15-13-11-9-7-2/h14,16,20-21,23-24,29,32,47-48H,6-13,15,17-19,22,25-28,30-31,33-46H2,1-5H3/p+1/b16-14+,21-20+,24-23+,32-29+. The van der Waals surface area contributed by atoms with Crippen molar-refractivity contribution >= 4 is 17.9 Å². The number of carboxylic acid groups (broad SMARTS) is 1. The minimum absolute atomic E-state index is 0.0533. The Kier molecular flexibility index (Phi) is 40.1. The molecule has 59 heavy (non-hydrogen) atoms. The molecule has 0 aliphatic heterocycles. The van der Waals surface area contributed by atoms with Crippen LogP contribution in [0.1, 0.15) is 206 Å². The van der Waals surface area contributed by atoms with Gasteiger partial charge < -0.3 is 23.8 Å². The molecule has 0 bridgehead atoms. The van der Waals surface area contributed by atoms with E-state index in [-0.39, 0.29) is 36.2 Å². The zero-order chi connectivity index (χ0) is 43.5. The molecule has 0 saturated carbocycles. The minimum Gasteiger partial charge on any atom is -0.477 e. The summed E-state index contributed by atoms with van der Waals surface area (Å²) >= 11 is 0. The largest absolute Gasteiger partial charge is 0.477 e. The highest BCUT2D eigenvalue weighted by Gasteiger charge is 2.31. The molecule has 0 aromatic rings. The second-order valence-corrected chi connectivity index (χ2v) is 17.4. The van der Waals surface area contributed by atoms with Crippen molar-refractivity contribution in [2.24, 2.45) is 0 Å². The second-order valence-electron chi connectivity index (χ2n) is 17.4. The summed E-state index contributed by atoms with van der Waals surface area (Å²) in [6, 6.07) is -0.618. The lowest BCUT2D eigenvalue weighted by Crippen LogP contribution is -2.50. The van der Waals surface area contributed by atoms with Crippen LogP contribution in [0.2, 0.25) is 0 Å². The Morgan fingerprint density at radius 3 is 1.39 bits per heavy atom. The van der Waals surface area contributed by atoms with Crippen LogP contribution in [0.5, 0.6) is 0 Å². The van der Waals surface area contributed by atoms with Crippen molar-refractivity contribution in [1.82, 2.24) is 0 Å². The van der Waals surface area contributed by atoms with Crippen LogP contribution in [-0.4, -0.2) is 80.6 Å². The van der Waals surface area contributed by atoms with Crippen molar-refractivity contribution in [3.05, 3.63) is 48.6 Å². The highest BCUT2D eigenvalue weighted by atomic mass is 16.6. The Morgan fingerprint density at radius 1 is 0.508 bits per heavy atom. The molecule has 0 amide bonds. The molecule has 0 radical (unpaired) electrons. The molecule has 8 nitrogen and oxygen atoms in total. The Hall–Kier alpha value is -2.71. The molecular weight excluding hydrogens is 739 g/mol. The molecule has 0 heterocycles. The number of hydrogen-bond donors (Lipinski definition) is 1. The fourth-order valence-corrected chi connectivity index (χ4v) is 6.92. The first kappa shape index (κ1) is 56.3. The van der Waals surface area contributed by atoms with E-state index in [1.54, 1.807) is 0 Å². The van der Waals surface area contributed by atoms with E-state index < -0.39 is 18.1 Å². The average molecular weight is 831 g/mol. The highest BCUT2D eigenvalue weighted by molar-refractivity contribution is 5.72. The Labute approximate surface area is 363 Å². The van der Waals surface area contributed by atoms with E-state index >= 15 is 0 Å². The Balaban J connectivity index is 4.26. The number of quaternary nitrogens is 1. The van der Waals surface area contributed by atoms with E-state index in [1.165, 1.54) is 109 Å². The van der Waals surface area contributed by atoms with Crippen LogP contribution in [0.4, 0.5) is 0 Å². The number of carboxylic acids is 1. The molecule has 0 aromatic heterocycles. The monoisotopic (exact) mass is 831 g/mol. The number of aliphatic carboxylic acids is 1. The summed E-state index contributed by atoms with van der Waals surface area (Å²) in [5.74, 6) is -1.49. The third-order valence-electron chi connectivity index (χ3n) is 10.7. The van der Waals surface area contributed by atoms with E-state index in [2.05, 4.69) is 62.5 Å². The molecule has 0 aliphatic rings. The van der Waals surface area contributed by atoms with Crippen LogP contribution in [0.3, 0.4) is 0 Å². The summed E-state index contributed by atoms with van der Waals surface area (Å²) < 4.78 is 17.3. The predicted octanol–water partition coefficient (Wildman–Crippen LogP) is 13.6. The molecule has 0 spiro atoms. The zero-order valence-electron chi connectivity index (χ0n) is 39.0. The van der Waals surface area contributed by atoms with Gasteiger partial charge in [0.05, 0.1) is 34.4 Å². The third kappa shape index (κ3) is 40.5. The molecule has 0 aliphatic carbocycles. The molecule has 2 atom stereocenters. The van der Waals surface area contributed by atoms with Crippen LogP contribution in [0.25, 0.3) is 0 Å². The van der Waals surface area contributed by atoms with E-state index in [0.717, 1.165) is 64.2 Å². The summed E-state index contributed by atoms with van der Waals surface area (Å²) in [7, 11) is 5.52. The fourth-order valence-electron chi connectivity index (χ4n) is 6.92. The topological polar surface area (TPSA) is 99.1 Å². The lowest BCUT2D eigenvalue weighted by Gasteiger charge is -2.31. The SMILES string of the molecule is CCCCC/C=C/C/C=C/C/C=C/CCCCCCCCCCCC(=O)OCC(COCCC(C(=O)O)[N+](C)(C)C)OC(=O)CCCCC/C=C/CCCCCCCC. The number of esters is 2. The van der Waals surface area contributed by atoms with Gasteiger partial charge in [0.1, 0.15) is 6.61 Å². The van der Waals surface area contributed by atoms with Crippen LogP contribution < -0.4 is 0 Å². The van der Waals surface area contributed by atoms with Crippen LogP contribution >= 0.6 is 0 Å². The summed E-state index contributed by atoms with van der Waals surface area (Å²) in [4.78, 5) is 37.0. The number of carbonyl (C=O) groups is 3. The Bertz CT molecular complexity index is 1110. The number of ether oxygens (including phenoxy) is 3. The maximum absolute atomic E-state index is 12.7. The van der Waals surface area contributed by atoms with Crippen LogP contribution in [-0.2, 0) is 28.6 Å². The van der Waals surface area contributed by atoms with Crippen molar-refractivity contribution in [2.45, 2.75) is 219 Å². The molecule has 1 N–H and O–H groups in total. The number of carbonyl (C=O) groups excluding carboxylic acids is 2. The summed E-state index contributed by atoms with van der Waals surface area (Å²) in [5.41, 5.74) is 0. The van der Waals surface area contributed by atoms with Crippen molar-refractivity contribution in [3.8, 4) is 0 Å². The van der Waals surface area contributed by atoms with Crippen molar-refractivity contribution in [3.63, 3.8) is 0 Å². The second kappa shape index (κ2) is 42.0. The smallest absolute Gasteiger partial charge is 0.362 e. The number of unbranched alkanes of at least 4 members (excludes halogenated alkanes) is 21. The number of allylic oxidation sites excluding steroid dienone is 8. The molecule has 0 saturated heterocycles. The third-order valence-corrected chi connectivity index (χ3v) is 10.7. The molecule has 342 valence electrons. The molecule has 0 rings (SSSR count). The van der Waals surface area contributed by atoms with Gasteiger partial charge in [0, 0.05) is 19.3 Å². The lowest BCUT2D eigenvalue weighted by atomic mass is 10.1. The summed E-state index contributed by atoms with van der Waals surface area (Å²) in [6.45, 7) is 4.69. The summed E-state index contributed by atoms with van der Waals surface area (Å²) in [5, 5.41) is 9.63. The zero-order valence-corrected chi connectivity index (χ0v) is 39.0. The minimum atomic E-state index is -0.878. The maximum Gasteiger partial charge on any atom is 0.362 e. The van der Waals surface area contributed by atoms with Crippen molar-refractivity contribution < 1.29 is 38.2 Å². The van der Waals surface area contributed by atoms with Gasteiger partial charge in [-0.2, -0.15) is 0 Å². The van der Waals surface area contributed by atoms with Gasteiger partial charge in [-0.15, -0.1) is 0 Å². The van der Waals surface area contributed by atoms with Gasteiger partial charge in [0.2, 0.25) is 0 Å². The van der Waals surface area contributed by atoms with Gasteiger partial charge in [-0.25, -0.2) is 4.79 Å².